The first-order valence-electron chi connectivity index (χ1n) is 7.11. The summed E-state index contributed by atoms with van der Waals surface area (Å²) in [6.07, 6.45) is 0. The van der Waals surface area contributed by atoms with E-state index in [1.807, 2.05) is 4.90 Å². The predicted octanol–water partition coefficient (Wildman–Crippen LogP) is -1.02. The van der Waals surface area contributed by atoms with E-state index >= 15 is 0 Å². The predicted molar refractivity (Wildman–Crippen MR) is 79.8 cm³/mol. The largest absolute Gasteiger partial charge is 0.545 e. The highest BCUT2D eigenvalue weighted by Crippen LogP contribution is 2.39. The van der Waals surface area contributed by atoms with Gasteiger partial charge in [0.2, 0.25) is 0 Å². The molecule has 130 valence electrons. The summed E-state index contributed by atoms with van der Waals surface area (Å²) in [5.74, 6) is -1.72. The first kappa shape index (κ1) is 17.6. The van der Waals surface area contributed by atoms with Gasteiger partial charge in [-0.15, -0.1) is 0 Å². The van der Waals surface area contributed by atoms with Gasteiger partial charge in [-0.05, 0) is 0 Å². The molecule has 1 aromatic carbocycles. The van der Waals surface area contributed by atoms with Crippen LogP contribution in [0.3, 0.4) is 0 Å². The maximum Gasteiger partial charge on any atom is 0.300 e. The highest BCUT2D eigenvalue weighted by molar-refractivity contribution is 5.91. The zero-order chi connectivity index (χ0) is 17.9. The van der Waals surface area contributed by atoms with Gasteiger partial charge in [0.05, 0.1) is 22.4 Å². The average molecular weight is 339 g/mol. The monoisotopic (exact) mass is 339 g/mol. The van der Waals surface area contributed by atoms with Crippen LogP contribution in [-0.4, -0.2) is 65.2 Å². The van der Waals surface area contributed by atoms with Gasteiger partial charge in [0, 0.05) is 50.4 Å². The standard InChI is InChI=1S/C13H16N4O7/c18-6-5-14-1-3-15(4-2-14)12-10(16(21)22)7-9(13(19)20)8-11(12)17(23)24/h7-8,18H,1-6H2,(H,19,20)/p-1. The van der Waals surface area contributed by atoms with Crippen molar-refractivity contribution in [1.82, 2.24) is 4.90 Å². The summed E-state index contributed by atoms with van der Waals surface area (Å²) in [5.41, 5.74) is -2.10. The van der Waals surface area contributed by atoms with E-state index < -0.39 is 32.8 Å². The number of carboxylic acids is 1. The molecule has 0 spiro atoms. The van der Waals surface area contributed by atoms with Crippen LogP contribution in [0.4, 0.5) is 17.1 Å². The van der Waals surface area contributed by atoms with Crippen LogP contribution in [-0.2, 0) is 0 Å². The molecule has 2 rings (SSSR count). The van der Waals surface area contributed by atoms with Crippen molar-refractivity contribution in [1.29, 1.82) is 0 Å². The summed E-state index contributed by atoms with van der Waals surface area (Å²) in [7, 11) is 0. The molecular weight excluding hydrogens is 324 g/mol. The molecule has 1 aromatic rings. The van der Waals surface area contributed by atoms with Crippen LogP contribution in [0.15, 0.2) is 12.1 Å². The number of nitro benzene ring substituents is 2. The van der Waals surface area contributed by atoms with Crippen LogP contribution < -0.4 is 10.0 Å². The van der Waals surface area contributed by atoms with Gasteiger partial charge in [0.15, 0.2) is 5.69 Å². The molecule has 0 saturated carbocycles. The van der Waals surface area contributed by atoms with Gasteiger partial charge in [0.25, 0.3) is 11.4 Å². The zero-order valence-electron chi connectivity index (χ0n) is 12.6. The van der Waals surface area contributed by atoms with E-state index in [0.29, 0.717) is 19.6 Å². The molecule has 11 heteroatoms. The third-order valence-electron chi connectivity index (χ3n) is 3.80. The number of benzene rings is 1. The van der Waals surface area contributed by atoms with Crippen LogP contribution in [0.5, 0.6) is 0 Å². The summed E-state index contributed by atoms with van der Waals surface area (Å²) in [5, 5.41) is 42.4. The summed E-state index contributed by atoms with van der Waals surface area (Å²) < 4.78 is 0. The molecule has 1 fully saturated rings. The Bertz CT molecular complexity index is 635. The summed E-state index contributed by atoms with van der Waals surface area (Å²) in [6.45, 7) is 1.93. The number of carbonyl (C=O) groups excluding carboxylic acids is 1. The van der Waals surface area contributed by atoms with Crippen molar-refractivity contribution in [2.45, 2.75) is 0 Å². The van der Waals surface area contributed by atoms with Gasteiger partial charge in [-0.2, -0.15) is 0 Å². The molecule has 1 heterocycles. The Kier molecular flexibility index (Phi) is 5.26. The van der Waals surface area contributed by atoms with Crippen LogP contribution in [0.1, 0.15) is 10.4 Å². The lowest BCUT2D eigenvalue weighted by Crippen LogP contribution is -2.47. The Hall–Kier alpha value is -2.79. The first-order chi connectivity index (χ1) is 11.3. The minimum atomic E-state index is -1.72. The van der Waals surface area contributed by atoms with Crippen molar-refractivity contribution in [3.63, 3.8) is 0 Å². The van der Waals surface area contributed by atoms with Crippen LogP contribution in [0, 0.1) is 20.2 Å². The van der Waals surface area contributed by atoms with E-state index in [9.17, 15) is 30.1 Å². The number of hydrogen-bond acceptors (Lipinski definition) is 9. The fourth-order valence-corrected chi connectivity index (χ4v) is 2.66. The van der Waals surface area contributed by atoms with Crippen molar-refractivity contribution in [3.8, 4) is 0 Å². The molecule has 24 heavy (non-hydrogen) atoms. The Morgan fingerprint density at radius 3 is 1.96 bits per heavy atom. The lowest BCUT2D eigenvalue weighted by atomic mass is 10.1. The van der Waals surface area contributed by atoms with E-state index in [4.69, 9.17) is 5.11 Å². The van der Waals surface area contributed by atoms with Gasteiger partial charge in [-0.1, -0.05) is 0 Å². The third kappa shape index (κ3) is 3.58. The van der Waals surface area contributed by atoms with Gasteiger partial charge in [-0.25, -0.2) is 0 Å². The van der Waals surface area contributed by atoms with Crippen molar-refractivity contribution in [2.75, 3.05) is 44.2 Å². The number of carbonyl (C=O) groups is 1. The Balaban J connectivity index is 2.46. The third-order valence-corrected chi connectivity index (χ3v) is 3.80. The van der Waals surface area contributed by atoms with Gasteiger partial charge in [0.1, 0.15) is 0 Å². The summed E-state index contributed by atoms with van der Waals surface area (Å²) in [6, 6.07) is 1.55. The molecule has 0 unspecified atom stereocenters. The number of nitrogens with zero attached hydrogens (tertiary/aromatic N) is 4. The number of anilines is 1. The van der Waals surface area contributed by atoms with E-state index in [2.05, 4.69) is 0 Å². The highest BCUT2D eigenvalue weighted by Gasteiger charge is 2.32. The van der Waals surface area contributed by atoms with E-state index in [1.165, 1.54) is 4.90 Å². The molecule has 11 nitrogen and oxygen atoms in total. The van der Waals surface area contributed by atoms with Gasteiger partial charge in [-0.3, -0.25) is 25.1 Å². The summed E-state index contributed by atoms with van der Waals surface area (Å²) >= 11 is 0. The van der Waals surface area contributed by atoms with E-state index in [1.54, 1.807) is 0 Å². The number of hydrogen-bond donors (Lipinski definition) is 1. The second kappa shape index (κ2) is 7.19. The molecule has 0 atom stereocenters. The molecular formula is C13H15N4O7-. The molecule has 0 radical (unpaired) electrons. The lowest BCUT2D eigenvalue weighted by Gasteiger charge is -2.35. The smallest absolute Gasteiger partial charge is 0.300 e. The van der Waals surface area contributed by atoms with E-state index in [0.717, 1.165) is 12.1 Å². The number of aromatic carboxylic acids is 1. The number of piperazine rings is 1. The van der Waals surface area contributed by atoms with Crippen LogP contribution in [0.25, 0.3) is 0 Å². The molecule has 0 aromatic heterocycles. The topological polar surface area (TPSA) is 153 Å². The van der Waals surface area contributed by atoms with Crippen molar-refractivity contribution in [2.24, 2.45) is 0 Å². The molecule has 1 aliphatic rings. The van der Waals surface area contributed by atoms with E-state index in [-0.39, 0.29) is 25.4 Å². The van der Waals surface area contributed by atoms with Crippen molar-refractivity contribution in [3.05, 3.63) is 37.9 Å². The first-order valence-corrected chi connectivity index (χ1v) is 7.11. The number of aliphatic hydroxyl groups excluding tert-OH is 1. The number of carboxylic acid groups (broad SMARTS) is 1. The Morgan fingerprint density at radius 2 is 1.58 bits per heavy atom. The second-order valence-electron chi connectivity index (χ2n) is 5.22. The van der Waals surface area contributed by atoms with Gasteiger partial charge < -0.3 is 19.9 Å². The highest BCUT2D eigenvalue weighted by atomic mass is 16.6. The number of β-amino-alcohol motifs (C(OH)–C–C–N with tert-alkyl or cyclic N) is 1. The number of aliphatic hydroxyl groups is 1. The van der Waals surface area contributed by atoms with Crippen molar-refractivity contribution >= 4 is 23.0 Å². The molecule has 1 N–H and O–H groups in total. The number of nitro groups is 2. The second-order valence-corrected chi connectivity index (χ2v) is 5.22. The number of rotatable bonds is 6. The summed E-state index contributed by atoms with van der Waals surface area (Å²) in [4.78, 5) is 35.2. The molecule has 0 aliphatic carbocycles. The minimum Gasteiger partial charge on any atom is -0.545 e. The van der Waals surface area contributed by atoms with Crippen LogP contribution in [0.2, 0.25) is 0 Å². The fraction of sp³-hybridized carbons (Fsp3) is 0.462. The van der Waals surface area contributed by atoms with Crippen molar-refractivity contribution < 1.29 is 24.9 Å². The van der Waals surface area contributed by atoms with Gasteiger partial charge >= 0.3 is 0 Å². The maximum absolute atomic E-state index is 11.3. The SMILES string of the molecule is O=C([O-])c1cc([N+](=O)[O-])c(N2CCN(CCO)CC2)c([N+](=O)[O-])c1. The van der Waals surface area contributed by atoms with Crippen LogP contribution >= 0.6 is 0 Å². The molecule has 1 aliphatic heterocycles. The minimum absolute atomic E-state index is 0.0272. The molecule has 0 amide bonds. The quantitative estimate of drug-likeness (QED) is 0.506. The fourth-order valence-electron chi connectivity index (χ4n) is 2.66. The molecule has 1 saturated heterocycles. The lowest BCUT2D eigenvalue weighted by molar-refractivity contribution is -0.392. The average Bonchev–Trinajstić information content (AvgIpc) is 2.54. The Morgan fingerprint density at radius 1 is 1.08 bits per heavy atom. The molecule has 0 bridgehead atoms. The Labute approximate surface area is 136 Å². The zero-order valence-corrected chi connectivity index (χ0v) is 12.6. The normalized spacial score (nSPS) is 15.3. The maximum atomic E-state index is 11.3.